The molecule has 0 saturated carbocycles. The molecule has 12 aromatic carbocycles. The number of rotatable bonds is 6. The normalized spacial score (nSPS) is 10.9. The molecule has 2 N–H and O–H groups in total. The Morgan fingerprint density at radius 3 is 0.800 bits per heavy atom. The zero-order valence-electron chi connectivity index (χ0n) is 37.9. The fraction of sp³-hybridized carbons (Fsp3) is 0. The molecule has 6 heteroatoms. The summed E-state index contributed by atoms with van der Waals surface area (Å²) in [6, 6.07) is 89.0. The monoisotopic (exact) mass is 1140 g/mol. The minimum Gasteiger partial charge on any atom is -0.423 e. The lowest BCUT2D eigenvalue weighted by molar-refractivity contribution is 0.426. The summed E-state index contributed by atoms with van der Waals surface area (Å²) in [6.45, 7) is 0. The maximum Gasteiger partial charge on any atom is 0.488 e. The standard InChI is InChI=1S/C32H21Br.C20H13I.C12H10BBrO2/c33-26-20-18-23(19-21-26)22-14-16-25(17-15-22)32-29-12-6-4-10-27(29)31(24-8-2-1-3-9-24)28-11-5-7-13-30(28)32;21-20-17-12-6-4-10-15(17)19(14-8-2-1-3-9-14)16-11-5-7-13-18(16)20;14-12-7-3-10(4-8-12)9-1-5-11(6-2-9)13(15)16/h1-21H;1-13H;1-8,15-16H. The van der Waals surface area contributed by atoms with Crippen molar-refractivity contribution in [3.63, 3.8) is 0 Å². The van der Waals surface area contributed by atoms with E-state index in [0.717, 1.165) is 20.1 Å². The molecule has 2 nitrogen and oxygen atoms in total. The van der Waals surface area contributed by atoms with E-state index >= 15 is 0 Å². The molecule has 0 amide bonds. The van der Waals surface area contributed by atoms with E-state index in [1.165, 1.54) is 91.2 Å². The summed E-state index contributed by atoms with van der Waals surface area (Å²) < 4.78 is 3.47. The molecule has 70 heavy (non-hydrogen) atoms. The first-order chi connectivity index (χ1) is 34.3. The highest BCUT2D eigenvalue weighted by atomic mass is 127. The zero-order valence-corrected chi connectivity index (χ0v) is 43.2. The van der Waals surface area contributed by atoms with Crippen LogP contribution < -0.4 is 5.46 Å². The van der Waals surface area contributed by atoms with Crippen LogP contribution in [0.15, 0.2) is 264 Å². The van der Waals surface area contributed by atoms with Gasteiger partial charge in [0.2, 0.25) is 0 Å². The van der Waals surface area contributed by atoms with Crippen molar-refractivity contribution in [3.05, 3.63) is 267 Å². The number of halogens is 3. The van der Waals surface area contributed by atoms with Crippen LogP contribution in [0.1, 0.15) is 0 Å². The Morgan fingerprint density at radius 2 is 0.486 bits per heavy atom. The first-order valence-corrected chi connectivity index (χ1v) is 25.7. The van der Waals surface area contributed by atoms with Crippen LogP contribution in [0.3, 0.4) is 0 Å². The van der Waals surface area contributed by atoms with Crippen molar-refractivity contribution in [2.24, 2.45) is 0 Å². The molecule has 12 rings (SSSR count). The van der Waals surface area contributed by atoms with Gasteiger partial charge >= 0.3 is 7.12 Å². The van der Waals surface area contributed by atoms with Gasteiger partial charge in [0.15, 0.2) is 0 Å². The third kappa shape index (κ3) is 10.0. The molecule has 0 spiro atoms. The summed E-state index contributed by atoms with van der Waals surface area (Å²) in [5.41, 5.74) is 12.8. The maximum absolute atomic E-state index is 8.97. The summed E-state index contributed by atoms with van der Waals surface area (Å²) in [4.78, 5) is 0. The smallest absolute Gasteiger partial charge is 0.423 e. The molecule has 0 aliphatic heterocycles. The lowest BCUT2D eigenvalue weighted by Gasteiger charge is -2.18. The Morgan fingerprint density at radius 1 is 0.257 bits per heavy atom. The predicted molar refractivity (Wildman–Crippen MR) is 314 cm³/mol. The molecule has 0 saturated heterocycles. The highest BCUT2D eigenvalue weighted by Crippen LogP contribution is 2.44. The van der Waals surface area contributed by atoms with Gasteiger partial charge in [-0.3, -0.25) is 0 Å². The first kappa shape index (κ1) is 47.1. The van der Waals surface area contributed by atoms with Gasteiger partial charge in [-0.05, 0) is 151 Å². The number of hydrogen-bond acceptors (Lipinski definition) is 2. The van der Waals surface area contributed by atoms with E-state index in [2.05, 4.69) is 261 Å². The zero-order chi connectivity index (χ0) is 48.0. The van der Waals surface area contributed by atoms with Gasteiger partial charge < -0.3 is 10.0 Å². The Balaban J connectivity index is 0.000000132. The number of fused-ring (bicyclic) bond motifs is 4. The lowest BCUT2D eigenvalue weighted by Crippen LogP contribution is -2.29. The minimum atomic E-state index is -1.40. The van der Waals surface area contributed by atoms with Gasteiger partial charge in [0.05, 0.1) is 0 Å². The van der Waals surface area contributed by atoms with Gasteiger partial charge in [0.25, 0.3) is 0 Å². The largest absolute Gasteiger partial charge is 0.488 e. The SMILES string of the molecule is Brc1ccc(-c2ccc(-c3c4ccccc4c(-c4ccccc4)c4ccccc34)cc2)cc1.Ic1c2ccccc2c(-c2ccccc2)c2ccccc12.OB(O)c1ccc(-c2ccc(Br)cc2)cc1. The summed E-state index contributed by atoms with van der Waals surface area (Å²) in [6.07, 6.45) is 0. The van der Waals surface area contributed by atoms with Crippen LogP contribution in [0.2, 0.25) is 0 Å². The van der Waals surface area contributed by atoms with Crippen molar-refractivity contribution in [1.82, 2.24) is 0 Å². The highest BCUT2D eigenvalue weighted by Gasteiger charge is 2.17. The van der Waals surface area contributed by atoms with Crippen molar-refractivity contribution in [2.45, 2.75) is 0 Å². The first-order valence-electron chi connectivity index (χ1n) is 23.0. The molecule has 12 aromatic rings. The third-order valence-electron chi connectivity index (χ3n) is 12.7. The second kappa shape index (κ2) is 21.6. The average Bonchev–Trinajstić information content (AvgIpc) is 3.42. The summed E-state index contributed by atoms with van der Waals surface area (Å²) >= 11 is 9.38. The van der Waals surface area contributed by atoms with Crippen molar-refractivity contribution < 1.29 is 10.0 Å². The van der Waals surface area contributed by atoms with Gasteiger partial charge in [-0.25, -0.2) is 0 Å². The molecule has 336 valence electrons. The van der Waals surface area contributed by atoms with Crippen LogP contribution in [-0.2, 0) is 0 Å². The Hall–Kier alpha value is -6.65. The third-order valence-corrected chi connectivity index (χ3v) is 14.9. The molecule has 0 heterocycles. The van der Waals surface area contributed by atoms with E-state index < -0.39 is 7.12 Å². The summed E-state index contributed by atoms with van der Waals surface area (Å²) in [5, 5.41) is 28.4. The van der Waals surface area contributed by atoms with Crippen LogP contribution in [0, 0.1) is 3.57 Å². The minimum absolute atomic E-state index is 0.501. The Bertz CT molecular complexity index is 3620. The number of benzene rings is 12. The second-order valence-corrected chi connectivity index (χ2v) is 19.9. The topological polar surface area (TPSA) is 40.5 Å². The fourth-order valence-electron chi connectivity index (χ4n) is 9.31. The van der Waals surface area contributed by atoms with Gasteiger partial charge in [-0.15, -0.1) is 0 Å². The fourth-order valence-corrected chi connectivity index (χ4v) is 10.8. The van der Waals surface area contributed by atoms with Crippen LogP contribution in [0.4, 0.5) is 0 Å². The van der Waals surface area contributed by atoms with E-state index in [0.29, 0.717) is 5.46 Å². The van der Waals surface area contributed by atoms with E-state index in [1.54, 1.807) is 12.1 Å². The Kier molecular flexibility index (Phi) is 14.5. The molecule has 0 fully saturated rings. The lowest BCUT2D eigenvalue weighted by atomic mass is 9.80. The maximum atomic E-state index is 8.97. The van der Waals surface area contributed by atoms with Crippen molar-refractivity contribution >= 4 is 110 Å². The molecule has 0 aliphatic rings. The molecule has 0 bridgehead atoms. The van der Waals surface area contributed by atoms with E-state index in [1.807, 2.05) is 36.4 Å². The molecule has 0 atom stereocenters. The number of hydrogen-bond donors (Lipinski definition) is 2. The van der Waals surface area contributed by atoms with Gasteiger partial charge in [0, 0.05) is 12.5 Å². The Labute approximate surface area is 439 Å². The van der Waals surface area contributed by atoms with Crippen LogP contribution >= 0.6 is 54.5 Å². The van der Waals surface area contributed by atoms with Crippen molar-refractivity contribution in [3.8, 4) is 55.6 Å². The van der Waals surface area contributed by atoms with Crippen molar-refractivity contribution in [1.29, 1.82) is 0 Å². The van der Waals surface area contributed by atoms with Gasteiger partial charge in [-0.1, -0.05) is 262 Å². The molecular weight excluding hydrogens is 1100 g/mol. The predicted octanol–water partition coefficient (Wildman–Crippen LogP) is 17.8. The van der Waals surface area contributed by atoms with E-state index in [4.69, 9.17) is 10.0 Å². The average molecular weight is 1140 g/mol. The highest BCUT2D eigenvalue weighted by molar-refractivity contribution is 14.1. The van der Waals surface area contributed by atoms with Crippen molar-refractivity contribution in [2.75, 3.05) is 0 Å². The molecule has 0 radical (unpaired) electrons. The van der Waals surface area contributed by atoms with Gasteiger partial charge in [-0.2, -0.15) is 0 Å². The van der Waals surface area contributed by atoms with Crippen LogP contribution in [0.5, 0.6) is 0 Å². The molecule has 0 unspecified atom stereocenters. The summed E-state index contributed by atoms with van der Waals surface area (Å²) in [7, 11) is -1.40. The molecule has 0 aromatic heterocycles. The van der Waals surface area contributed by atoms with E-state index in [9.17, 15) is 0 Å². The van der Waals surface area contributed by atoms with Gasteiger partial charge in [0.1, 0.15) is 0 Å². The van der Waals surface area contributed by atoms with Crippen LogP contribution in [0.25, 0.3) is 98.7 Å². The summed E-state index contributed by atoms with van der Waals surface area (Å²) in [5.74, 6) is 0. The second-order valence-electron chi connectivity index (χ2n) is 16.9. The van der Waals surface area contributed by atoms with Crippen LogP contribution in [-0.4, -0.2) is 17.2 Å². The van der Waals surface area contributed by atoms with E-state index in [-0.39, 0.29) is 0 Å². The quantitative estimate of drug-likeness (QED) is 0.0990. The molecular formula is C64H44BBr2IO2. The molecule has 0 aliphatic carbocycles.